The van der Waals surface area contributed by atoms with E-state index in [4.69, 9.17) is 16.3 Å². The molecule has 0 aromatic heterocycles. The summed E-state index contributed by atoms with van der Waals surface area (Å²) in [5, 5.41) is 3.37. The van der Waals surface area contributed by atoms with Crippen LogP contribution in [0.2, 0.25) is 5.02 Å². The fourth-order valence-corrected chi connectivity index (χ4v) is 4.31. The second-order valence-electron chi connectivity index (χ2n) is 7.55. The van der Waals surface area contributed by atoms with Crippen molar-refractivity contribution < 1.29 is 22.7 Å². The van der Waals surface area contributed by atoms with E-state index in [9.17, 15) is 18.0 Å². The van der Waals surface area contributed by atoms with Crippen LogP contribution < -0.4 is 14.8 Å². The maximum atomic E-state index is 12.5. The van der Waals surface area contributed by atoms with Crippen LogP contribution in [0.15, 0.2) is 77.7 Å². The van der Waals surface area contributed by atoms with Gasteiger partial charge in [-0.15, -0.1) is 0 Å². The molecule has 0 atom stereocenters. The summed E-state index contributed by atoms with van der Waals surface area (Å²) in [4.78, 5) is 24.3. The molecule has 0 aliphatic carbocycles. The molecule has 0 aliphatic heterocycles. The SMILES string of the molecule is Cc1cc(Cl)ccc1OCCCC(=O)Nc1ccc(S(=O)(=O)NCC(=O)c2ccccc2)cc1. The molecule has 3 aromatic carbocycles. The van der Waals surface area contributed by atoms with E-state index in [0.717, 1.165) is 11.3 Å². The van der Waals surface area contributed by atoms with Crippen LogP contribution in [-0.4, -0.2) is 33.3 Å². The molecule has 0 aliphatic rings. The van der Waals surface area contributed by atoms with Gasteiger partial charge in [-0.2, -0.15) is 0 Å². The number of hydrogen-bond donors (Lipinski definition) is 2. The van der Waals surface area contributed by atoms with E-state index in [1.807, 2.05) is 13.0 Å². The third-order valence-corrected chi connectivity index (χ3v) is 6.56. The Hall–Kier alpha value is -3.20. The Kier molecular flexibility index (Phi) is 8.81. The standard InChI is InChI=1S/C25H25ClN2O5S/c1-18-16-20(26)9-14-24(18)33-15-5-8-25(30)28-21-10-12-22(13-11-21)34(31,32)27-17-23(29)19-6-3-2-4-7-19/h2-4,6-7,9-14,16,27H,5,8,15,17H2,1H3,(H,28,30). The van der Waals surface area contributed by atoms with Crippen molar-refractivity contribution in [3.05, 3.63) is 88.9 Å². The highest BCUT2D eigenvalue weighted by molar-refractivity contribution is 7.89. The smallest absolute Gasteiger partial charge is 0.240 e. The van der Waals surface area contributed by atoms with Gasteiger partial charge in [0.05, 0.1) is 18.0 Å². The number of benzene rings is 3. The lowest BCUT2D eigenvalue weighted by Gasteiger charge is -2.10. The van der Waals surface area contributed by atoms with Crippen LogP contribution >= 0.6 is 11.6 Å². The van der Waals surface area contributed by atoms with Crippen LogP contribution in [0.4, 0.5) is 5.69 Å². The number of ether oxygens (including phenoxy) is 1. The predicted molar refractivity (Wildman–Crippen MR) is 132 cm³/mol. The van der Waals surface area contributed by atoms with Gasteiger partial charge in [-0.05, 0) is 61.4 Å². The number of aryl methyl sites for hydroxylation is 1. The number of Topliss-reactive ketones (excluding diaryl/α,β-unsaturated/α-hetero) is 1. The summed E-state index contributed by atoms with van der Waals surface area (Å²) >= 11 is 5.92. The molecule has 0 unspecified atom stereocenters. The van der Waals surface area contributed by atoms with Gasteiger partial charge in [-0.3, -0.25) is 9.59 Å². The lowest BCUT2D eigenvalue weighted by molar-refractivity contribution is -0.116. The van der Waals surface area contributed by atoms with Gasteiger partial charge >= 0.3 is 0 Å². The van der Waals surface area contributed by atoms with Crippen LogP contribution in [-0.2, 0) is 14.8 Å². The van der Waals surface area contributed by atoms with Crippen molar-refractivity contribution in [1.29, 1.82) is 0 Å². The number of carbonyl (C=O) groups excluding carboxylic acids is 2. The number of ketones is 1. The summed E-state index contributed by atoms with van der Waals surface area (Å²) in [6, 6.07) is 19.5. The zero-order valence-corrected chi connectivity index (χ0v) is 20.2. The summed E-state index contributed by atoms with van der Waals surface area (Å²) in [6.45, 7) is 1.93. The highest BCUT2D eigenvalue weighted by atomic mass is 35.5. The van der Waals surface area contributed by atoms with E-state index in [0.29, 0.717) is 29.3 Å². The number of hydrogen-bond acceptors (Lipinski definition) is 5. The fourth-order valence-electron chi connectivity index (χ4n) is 3.10. The van der Waals surface area contributed by atoms with E-state index in [2.05, 4.69) is 10.0 Å². The number of halogens is 1. The molecule has 0 radical (unpaired) electrons. The van der Waals surface area contributed by atoms with Crippen LogP contribution in [0.1, 0.15) is 28.8 Å². The molecule has 178 valence electrons. The molecule has 3 aromatic rings. The lowest BCUT2D eigenvalue weighted by Crippen LogP contribution is -2.29. The molecule has 2 N–H and O–H groups in total. The van der Waals surface area contributed by atoms with Gasteiger partial charge in [0, 0.05) is 22.7 Å². The van der Waals surface area contributed by atoms with Crippen LogP contribution in [0.25, 0.3) is 0 Å². The minimum Gasteiger partial charge on any atom is -0.493 e. The molecular formula is C25H25ClN2O5S. The largest absolute Gasteiger partial charge is 0.493 e. The topological polar surface area (TPSA) is 102 Å². The summed E-state index contributed by atoms with van der Waals surface area (Å²) in [7, 11) is -3.87. The molecule has 0 fully saturated rings. The quantitative estimate of drug-likeness (QED) is 0.296. The van der Waals surface area contributed by atoms with E-state index in [1.165, 1.54) is 24.3 Å². The third-order valence-electron chi connectivity index (χ3n) is 4.91. The van der Waals surface area contributed by atoms with Gasteiger partial charge < -0.3 is 10.1 Å². The van der Waals surface area contributed by atoms with E-state index < -0.39 is 10.0 Å². The predicted octanol–water partition coefficient (Wildman–Crippen LogP) is 4.61. The lowest BCUT2D eigenvalue weighted by atomic mass is 10.1. The second kappa shape index (κ2) is 11.8. The maximum absolute atomic E-state index is 12.5. The number of nitrogens with one attached hydrogen (secondary N) is 2. The molecule has 3 rings (SSSR count). The van der Waals surface area contributed by atoms with E-state index in [-0.39, 0.29) is 29.6 Å². The number of rotatable bonds is 11. The van der Waals surface area contributed by atoms with E-state index >= 15 is 0 Å². The summed E-state index contributed by atoms with van der Waals surface area (Å²) < 4.78 is 32.9. The molecule has 34 heavy (non-hydrogen) atoms. The normalized spacial score (nSPS) is 11.1. The highest BCUT2D eigenvalue weighted by Gasteiger charge is 2.16. The molecular weight excluding hydrogens is 476 g/mol. The first-order valence-corrected chi connectivity index (χ1v) is 12.5. The van der Waals surface area contributed by atoms with Crippen LogP contribution in [0.3, 0.4) is 0 Å². The first-order chi connectivity index (χ1) is 16.2. The monoisotopic (exact) mass is 500 g/mol. The van der Waals surface area contributed by atoms with Crippen molar-refractivity contribution in [3.63, 3.8) is 0 Å². The van der Waals surface area contributed by atoms with Crippen molar-refractivity contribution >= 4 is 39.0 Å². The molecule has 0 heterocycles. The summed E-state index contributed by atoms with van der Waals surface area (Å²) in [5.74, 6) is 0.183. The second-order valence-corrected chi connectivity index (χ2v) is 9.75. The molecule has 1 amide bonds. The zero-order valence-electron chi connectivity index (χ0n) is 18.6. The average Bonchev–Trinajstić information content (AvgIpc) is 2.82. The van der Waals surface area contributed by atoms with Crippen molar-refractivity contribution in [2.24, 2.45) is 0 Å². The van der Waals surface area contributed by atoms with Crippen molar-refractivity contribution in [3.8, 4) is 5.75 Å². The summed E-state index contributed by atoms with van der Waals surface area (Å²) in [5.41, 5.74) is 1.82. The molecule has 0 spiro atoms. The fraction of sp³-hybridized carbons (Fsp3) is 0.200. The van der Waals surface area contributed by atoms with Crippen molar-refractivity contribution in [2.75, 3.05) is 18.5 Å². The number of sulfonamides is 1. The Morgan fingerprint density at radius 1 is 0.971 bits per heavy atom. The Balaban J connectivity index is 1.45. The molecule has 7 nitrogen and oxygen atoms in total. The van der Waals surface area contributed by atoms with Crippen molar-refractivity contribution in [2.45, 2.75) is 24.7 Å². The average molecular weight is 501 g/mol. The Morgan fingerprint density at radius 3 is 2.35 bits per heavy atom. The number of anilines is 1. The Labute approximate surface area is 204 Å². The molecule has 0 saturated carbocycles. The Bertz CT molecular complexity index is 1250. The molecule has 9 heteroatoms. The zero-order chi connectivity index (χ0) is 24.6. The number of amides is 1. The third kappa shape index (κ3) is 7.41. The summed E-state index contributed by atoms with van der Waals surface area (Å²) in [6.07, 6.45) is 0.759. The van der Waals surface area contributed by atoms with Gasteiger partial charge in [0.25, 0.3) is 0 Å². The first kappa shape index (κ1) is 25.4. The number of carbonyl (C=O) groups is 2. The first-order valence-electron chi connectivity index (χ1n) is 10.6. The van der Waals surface area contributed by atoms with Crippen molar-refractivity contribution in [1.82, 2.24) is 4.72 Å². The minimum atomic E-state index is -3.87. The Morgan fingerprint density at radius 2 is 1.68 bits per heavy atom. The minimum absolute atomic E-state index is 0.00176. The molecule has 0 saturated heterocycles. The maximum Gasteiger partial charge on any atom is 0.240 e. The van der Waals surface area contributed by atoms with E-state index in [1.54, 1.807) is 42.5 Å². The van der Waals surface area contributed by atoms with Gasteiger partial charge in [0.2, 0.25) is 15.9 Å². The van der Waals surface area contributed by atoms with Gasteiger partial charge in [-0.25, -0.2) is 13.1 Å². The van der Waals surface area contributed by atoms with Crippen LogP contribution in [0, 0.1) is 6.92 Å². The molecule has 0 bridgehead atoms. The van der Waals surface area contributed by atoms with Crippen LogP contribution in [0.5, 0.6) is 5.75 Å². The van der Waals surface area contributed by atoms with Gasteiger partial charge in [0.15, 0.2) is 5.78 Å². The van der Waals surface area contributed by atoms with Gasteiger partial charge in [0.1, 0.15) is 5.75 Å². The van der Waals surface area contributed by atoms with Gasteiger partial charge in [-0.1, -0.05) is 41.9 Å². The highest BCUT2D eigenvalue weighted by Crippen LogP contribution is 2.22.